The van der Waals surface area contributed by atoms with Gasteiger partial charge < -0.3 is 10.0 Å². The van der Waals surface area contributed by atoms with Gasteiger partial charge >= 0.3 is 5.97 Å². The van der Waals surface area contributed by atoms with Crippen molar-refractivity contribution in [2.45, 2.75) is 32.2 Å². The van der Waals surface area contributed by atoms with Gasteiger partial charge in [0.05, 0.1) is 12.2 Å². The molecule has 1 aliphatic rings. The Labute approximate surface area is 147 Å². The van der Waals surface area contributed by atoms with Crippen LogP contribution in [0.2, 0.25) is 0 Å². The molecule has 1 aromatic rings. The van der Waals surface area contributed by atoms with Crippen molar-refractivity contribution in [2.75, 3.05) is 25.4 Å². The predicted octanol–water partition coefficient (Wildman–Crippen LogP) is 0.701. The lowest BCUT2D eigenvalue weighted by atomic mass is 10.2. The van der Waals surface area contributed by atoms with Gasteiger partial charge in [-0.1, -0.05) is 0 Å². The fourth-order valence-corrected chi connectivity index (χ4v) is 4.22. The second-order valence-corrected chi connectivity index (χ2v) is 8.08. The van der Waals surface area contributed by atoms with E-state index in [1.54, 1.807) is 24.5 Å². The number of carboxylic acid groups (broad SMARTS) is 1. The van der Waals surface area contributed by atoms with Crippen LogP contribution >= 0.6 is 0 Å². The minimum atomic E-state index is -3.40. The quantitative estimate of drug-likeness (QED) is 0.686. The largest absolute Gasteiger partial charge is 0.481 e. The molecule has 0 aliphatic carbocycles. The summed E-state index contributed by atoms with van der Waals surface area (Å²) in [7, 11) is -3.40. The molecule has 9 heteroatoms. The number of carbonyl (C=O) groups is 2. The van der Waals surface area contributed by atoms with Crippen molar-refractivity contribution >= 4 is 21.9 Å². The highest BCUT2D eigenvalue weighted by atomic mass is 32.2. The number of nitrogens with zero attached hydrogens (tertiary/aromatic N) is 3. The van der Waals surface area contributed by atoms with Gasteiger partial charge in [0.1, 0.15) is 0 Å². The van der Waals surface area contributed by atoms with Crippen molar-refractivity contribution in [3.8, 4) is 0 Å². The Balaban J connectivity index is 2.02. The zero-order valence-corrected chi connectivity index (χ0v) is 14.8. The molecule has 0 spiro atoms. The maximum absolute atomic E-state index is 12.4. The van der Waals surface area contributed by atoms with Crippen molar-refractivity contribution in [3.63, 3.8) is 0 Å². The lowest BCUT2D eigenvalue weighted by Gasteiger charge is -2.24. The molecular formula is C16H23N3O5S. The van der Waals surface area contributed by atoms with Gasteiger partial charge in [0.15, 0.2) is 0 Å². The number of aromatic nitrogens is 1. The van der Waals surface area contributed by atoms with Gasteiger partial charge in [0.2, 0.25) is 15.9 Å². The van der Waals surface area contributed by atoms with Gasteiger partial charge in [-0.05, 0) is 30.5 Å². The summed E-state index contributed by atoms with van der Waals surface area (Å²) < 4.78 is 26.2. The van der Waals surface area contributed by atoms with E-state index in [0.717, 1.165) is 18.4 Å². The van der Waals surface area contributed by atoms with Crippen LogP contribution in [-0.2, 0) is 26.2 Å². The summed E-state index contributed by atoms with van der Waals surface area (Å²) >= 11 is 0. The maximum Gasteiger partial charge on any atom is 0.303 e. The SMILES string of the molecule is O=C(O)CCC(=O)N(CCS(=O)(=O)N1CCCC1)Cc1ccncc1. The molecule has 1 amide bonds. The number of carboxylic acids is 1. The van der Waals surface area contributed by atoms with Crippen LogP contribution in [0.5, 0.6) is 0 Å². The number of sulfonamides is 1. The molecule has 0 saturated carbocycles. The molecule has 1 N–H and O–H groups in total. The molecule has 1 aliphatic heterocycles. The van der Waals surface area contributed by atoms with E-state index in [0.29, 0.717) is 13.1 Å². The number of aliphatic carboxylic acids is 1. The number of carbonyl (C=O) groups excluding carboxylic acids is 1. The first kappa shape index (κ1) is 19.3. The molecule has 0 unspecified atom stereocenters. The van der Waals surface area contributed by atoms with Crippen LogP contribution in [0.15, 0.2) is 24.5 Å². The van der Waals surface area contributed by atoms with Crippen LogP contribution in [-0.4, -0.2) is 65.0 Å². The van der Waals surface area contributed by atoms with Gasteiger partial charge in [-0.3, -0.25) is 14.6 Å². The highest BCUT2D eigenvalue weighted by Gasteiger charge is 2.26. The van der Waals surface area contributed by atoms with Gasteiger partial charge in [-0.2, -0.15) is 0 Å². The second-order valence-electron chi connectivity index (χ2n) is 5.99. The molecule has 25 heavy (non-hydrogen) atoms. The third-order valence-electron chi connectivity index (χ3n) is 4.11. The van der Waals surface area contributed by atoms with E-state index in [2.05, 4.69) is 4.98 Å². The van der Waals surface area contributed by atoms with E-state index >= 15 is 0 Å². The number of rotatable bonds is 9. The molecule has 1 fully saturated rings. The zero-order valence-electron chi connectivity index (χ0n) is 14.0. The number of hydrogen-bond donors (Lipinski definition) is 1. The Morgan fingerprint density at radius 1 is 1.16 bits per heavy atom. The zero-order chi connectivity index (χ0) is 18.3. The standard InChI is InChI=1S/C16H23N3O5S/c20-15(3-4-16(21)22)18(13-14-5-7-17-8-6-14)11-12-25(23,24)19-9-1-2-10-19/h5-8H,1-4,9-13H2,(H,21,22). The molecule has 1 aromatic heterocycles. The highest BCUT2D eigenvalue weighted by Crippen LogP contribution is 2.14. The van der Waals surface area contributed by atoms with E-state index in [1.807, 2.05) is 0 Å². The van der Waals surface area contributed by atoms with Gasteiger partial charge in [0, 0.05) is 45.0 Å². The molecule has 0 bridgehead atoms. The van der Waals surface area contributed by atoms with Gasteiger partial charge in [0.25, 0.3) is 0 Å². The highest BCUT2D eigenvalue weighted by molar-refractivity contribution is 7.89. The summed E-state index contributed by atoms with van der Waals surface area (Å²) in [5.41, 5.74) is 0.817. The van der Waals surface area contributed by atoms with E-state index in [4.69, 9.17) is 5.11 Å². The van der Waals surface area contributed by atoms with Gasteiger partial charge in [-0.25, -0.2) is 12.7 Å². The maximum atomic E-state index is 12.4. The Hall–Kier alpha value is -2.00. The van der Waals surface area contributed by atoms with E-state index in [1.165, 1.54) is 9.21 Å². The number of amides is 1. The van der Waals surface area contributed by atoms with E-state index in [9.17, 15) is 18.0 Å². The summed E-state index contributed by atoms with van der Waals surface area (Å²) in [6, 6.07) is 3.49. The van der Waals surface area contributed by atoms with Gasteiger partial charge in [-0.15, -0.1) is 0 Å². The minimum absolute atomic E-state index is 0.0413. The molecule has 2 rings (SSSR count). The third kappa shape index (κ3) is 6.09. The van der Waals surface area contributed by atoms with Crippen LogP contribution in [0, 0.1) is 0 Å². The fourth-order valence-electron chi connectivity index (χ4n) is 2.69. The molecule has 2 heterocycles. The summed E-state index contributed by atoms with van der Waals surface area (Å²) in [6.45, 7) is 1.33. The Morgan fingerprint density at radius 2 is 1.80 bits per heavy atom. The minimum Gasteiger partial charge on any atom is -0.481 e. The fraction of sp³-hybridized carbons (Fsp3) is 0.562. The van der Waals surface area contributed by atoms with Crippen LogP contribution in [0.1, 0.15) is 31.2 Å². The molecule has 0 atom stereocenters. The topological polar surface area (TPSA) is 108 Å². The van der Waals surface area contributed by atoms with Crippen LogP contribution < -0.4 is 0 Å². The molecule has 0 aromatic carbocycles. The van der Waals surface area contributed by atoms with Crippen LogP contribution in [0.25, 0.3) is 0 Å². The van der Waals surface area contributed by atoms with Crippen LogP contribution in [0.3, 0.4) is 0 Å². The van der Waals surface area contributed by atoms with Crippen LogP contribution in [0.4, 0.5) is 0 Å². The first-order valence-electron chi connectivity index (χ1n) is 8.25. The average Bonchev–Trinajstić information content (AvgIpc) is 3.13. The first-order valence-corrected chi connectivity index (χ1v) is 9.86. The molecular weight excluding hydrogens is 346 g/mol. The van der Waals surface area contributed by atoms with Crippen molar-refractivity contribution in [1.29, 1.82) is 0 Å². The summed E-state index contributed by atoms with van der Waals surface area (Å²) in [5, 5.41) is 8.76. The normalized spacial score (nSPS) is 15.2. The van der Waals surface area contributed by atoms with Crippen molar-refractivity contribution in [2.24, 2.45) is 0 Å². The molecule has 8 nitrogen and oxygen atoms in total. The smallest absolute Gasteiger partial charge is 0.303 e. The van der Waals surface area contributed by atoms with E-state index in [-0.39, 0.29) is 37.6 Å². The predicted molar refractivity (Wildman–Crippen MR) is 91.1 cm³/mol. The monoisotopic (exact) mass is 369 g/mol. The Kier molecular flexibility index (Phi) is 6.89. The van der Waals surface area contributed by atoms with E-state index < -0.39 is 16.0 Å². The number of hydrogen-bond acceptors (Lipinski definition) is 5. The Bertz CT molecular complexity index is 687. The molecule has 1 saturated heterocycles. The van der Waals surface area contributed by atoms with Crippen molar-refractivity contribution in [3.05, 3.63) is 30.1 Å². The number of pyridine rings is 1. The molecule has 138 valence electrons. The lowest BCUT2D eigenvalue weighted by molar-refractivity contribution is -0.141. The van der Waals surface area contributed by atoms with Crippen molar-refractivity contribution in [1.82, 2.24) is 14.2 Å². The summed E-state index contributed by atoms with van der Waals surface area (Å²) in [5.74, 6) is -1.57. The summed E-state index contributed by atoms with van der Waals surface area (Å²) in [4.78, 5) is 28.3. The average molecular weight is 369 g/mol. The third-order valence-corrected chi connectivity index (χ3v) is 5.96. The van der Waals surface area contributed by atoms with Crippen molar-refractivity contribution < 1.29 is 23.1 Å². The lowest BCUT2D eigenvalue weighted by Crippen LogP contribution is -2.39. The Morgan fingerprint density at radius 3 is 2.40 bits per heavy atom. The second kappa shape index (κ2) is 8.91. The summed E-state index contributed by atoms with van der Waals surface area (Å²) in [6.07, 6.45) is 4.48. The molecule has 0 radical (unpaired) electrons. The first-order chi connectivity index (χ1) is 11.9.